The van der Waals surface area contributed by atoms with Gasteiger partial charge in [-0.2, -0.15) is 0 Å². The van der Waals surface area contributed by atoms with Gasteiger partial charge in [0, 0.05) is 0 Å². The van der Waals surface area contributed by atoms with Crippen LogP contribution in [0, 0.1) is 10.1 Å². The predicted molar refractivity (Wildman–Crippen MR) is 53.1 cm³/mol. The minimum Gasteiger partial charge on any atom is -0.462 e. The Kier molecular flexibility index (Phi) is 2.59. The van der Waals surface area contributed by atoms with Crippen molar-refractivity contribution in [3.05, 3.63) is 21.9 Å². The van der Waals surface area contributed by atoms with Crippen molar-refractivity contribution < 1.29 is 14.5 Å². The van der Waals surface area contributed by atoms with E-state index in [0.717, 1.165) is 12.8 Å². The van der Waals surface area contributed by atoms with Gasteiger partial charge in [0.2, 0.25) is 0 Å². The summed E-state index contributed by atoms with van der Waals surface area (Å²) >= 11 is 0. The Morgan fingerprint density at radius 2 is 2.44 bits per heavy atom. The Bertz CT molecular complexity index is 436. The lowest BCUT2D eigenvalue weighted by Gasteiger charge is -2.00. The topological polar surface area (TPSA) is 87.3 Å². The van der Waals surface area contributed by atoms with Crippen molar-refractivity contribution in [1.82, 2.24) is 9.78 Å². The van der Waals surface area contributed by atoms with E-state index >= 15 is 0 Å². The molecule has 0 atom stereocenters. The molecule has 1 aromatic rings. The number of nitrogens with zero attached hydrogens (tertiary/aromatic N) is 3. The van der Waals surface area contributed by atoms with Crippen LogP contribution in [0.4, 0.5) is 5.82 Å². The standard InChI is InChI=1S/C9H11N3O4/c1-2-16-9(13)7-5-10-11(6-3-4-6)8(7)12(14)15/h5-6H,2-4H2,1H3. The van der Waals surface area contributed by atoms with E-state index < -0.39 is 10.9 Å². The van der Waals surface area contributed by atoms with Crippen molar-refractivity contribution in [2.45, 2.75) is 25.8 Å². The smallest absolute Gasteiger partial charge is 0.359 e. The van der Waals surface area contributed by atoms with Crippen molar-refractivity contribution in [3.63, 3.8) is 0 Å². The second-order valence-electron chi connectivity index (χ2n) is 3.54. The van der Waals surface area contributed by atoms with E-state index in [9.17, 15) is 14.9 Å². The molecule has 1 saturated carbocycles. The Balaban J connectivity index is 2.37. The van der Waals surface area contributed by atoms with Gasteiger partial charge in [0.05, 0.1) is 12.8 Å². The summed E-state index contributed by atoms with van der Waals surface area (Å²) in [5.41, 5.74) is -0.0706. The maximum Gasteiger partial charge on any atom is 0.359 e. The lowest BCUT2D eigenvalue weighted by molar-refractivity contribution is -0.393. The first-order valence-electron chi connectivity index (χ1n) is 5.04. The minimum atomic E-state index is -0.693. The molecule has 2 rings (SSSR count). The first-order chi connectivity index (χ1) is 7.65. The largest absolute Gasteiger partial charge is 0.462 e. The van der Waals surface area contributed by atoms with Gasteiger partial charge in [0.25, 0.3) is 0 Å². The number of esters is 1. The number of hydrogen-bond donors (Lipinski definition) is 0. The van der Waals surface area contributed by atoms with E-state index in [-0.39, 0.29) is 24.0 Å². The molecule has 1 fully saturated rings. The lowest BCUT2D eigenvalue weighted by Crippen LogP contribution is -2.09. The number of rotatable bonds is 4. The fourth-order valence-corrected chi connectivity index (χ4v) is 1.48. The zero-order valence-corrected chi connectivity index (χ0v) is 8.75. The van der Waals surface area contributed by atoms with E-state index in [1.807, 2.05) is 0 Å². The molecule has 86 valence electrons. The zero-order chi connectivity index (χ0) is 11.7. The summed E-state index contributed by atoms with van der Waals surface area (Å²) in [4.78, 5) is 21.7. The van der Waals surface area contributed by atoms with Gasteiger partial charge in [-0.25, -0.2) is 4.79 Å². The Hall–Kier alpha value is -1.92. The average Bonchev–Trinajstić information content (AvgIpc) is 2.97. The Morgan fingerprint density at radius 3 is 2.94 bits per heavy atom. The number of ether oxygens (including phenoxy) is 1. The van der Waals surface area contributed by atoms with Gasteiger partial charge in [-0.3, -0.25) is 0 Å². The van der Waals surface area contributed by atoms with E-state index in [2.05, 4.69) is 5.10 Å². The molecule has 0 aliphatic heterocycles. The van der Waals surface area contributed by atoms with Crippen LogP contribution in [0.15, 0.2) is 6.20 Å². The van der Waals surface area contributed by atoms with Crippen LogP contribution in [0.2, 0.25) is 0 Å². The fourth-order valence-electron chi connectivity index (χ4n) is 1.48. The van der Waals surface area contributed by atoms with Crippen LogP contribution >= 0.6 is 0 Å². The second kappa shape index (κ2) is 3.92. The molecule has 0 amide bonds. The quantitative estimate of drug-likeness (QED) is 0.438. The predicted octanol–water partition coefficient (Wildman–Crippen LogP) is 1.30. The maximum absolute atomic E-state index is 11.4. The van der Waals surface area contributed by atoms with Gasteiger partial charge < -0.3 is 14.9 Å². The normalized spacial score (nSPS) is 14.8. The van der Waals surface area contributed by atoms with Crippen molar-refractivity contribution in [1.29, 1.82) is 0 Å². The van der Waals surface area contributed by atoms with Crippen LogP contribution in [0.3, 0.4) is 0 Å². The molecule has 0 radical (unpaired) electrons. The molecule has 7 heteroatoms. The van der Waals surface area contributed by atoms with Crippen molar-refractivity contribution in [2.24, 2.45) is 0 Å². The average molecular weight is 225 g/mol. The molecule has 1 heterocycles. The number of hydrogen-bond acceptors (Lipinski definition) is 5. The summed E-state index contributed by atoms with van der Waals surface area (Å²) in [7, 11) is 0. The molecule has 0 saturated heterocycles. The number of nitro groups is 1. The van der Waals surface area contributed by atoms with E-state index in [1.54, 1.807) is 6.92 Å². The van der Waals surface area contributed by atoms with Gasteiger partial charge in [-0.15, -0.1) is 4.68 Å². The van der Waals surface area contributed by atoms with Crippen LogP contribution in [0.5, 0.6) is 0 Å². The number of carbonyl (C=O) groups excluding carboxylic acids is 1. The maximum atomic E-state index is 11.4. The van der Waals surface area contributed by atoms with Crippen molar-refractivity contribution >= 4 is 11.8 Å². The first kappa shape index (κ1) is 10.6. The molecule has 1 aliphatic rings. The highest BCUT2D eigenvalue weighted by atomic mass is 16.6. The molecule has 1 aromatic heterocycles. The van der Waals surface area contributed by atoms with Crippen LogP contribution in [-0.4, -0.2) is 27.3 Å². The first-order valence-corrected chi connectivity index (χ1v) is 5.04. The van der Waals surface area contributed by atoms with Crippen molar-refractivity contribution in [2.75, 3.05) is 6.61 Å². The summed E-state index contributed by atoms with van der Waals surface area (Å²) < 4.78 is 6.03. The molecule has 1 aliphatic carbocycles. The highest BCUT2D eigenvalue weighted by Crippen LogP contribution is 2.38. The molecule has 0 unspecified atom stereocenters. The molecule has 0 bridgehead atoms. The summed E-state index contributed by atoms with van der Waals surface area (Å²) in [6, 6.07) is 0.0589. The third-order valence-electron chi connectivity index (χ3n) is 2.33. The van der Waals surface area contributed by atoms with Crippen LogP contribution in [-0.2, 0) is 4.74 Å². The Labute approximate surface area is 91.2 Å². The summed E-state index contributed by atoms with van der Waals surface area (Å²) in [5.74, 6) is -0.956. The second-order valence-corrected chi connectivity index (χ2v) is 3.54. The van der Waals surface area contributed by atoms with Gasteiger partial charge in [0.1, 0.15) is 6.04 Å². The molecule has 16 heavy (non-hydrogen) atoms. The molecule has 0 aromatic carbocycles. The van der Waals surface area contributed by atoms with E-state index in [0.29, 0.717) is 0 Å². The monoisotopic (exact) mass is 225 g/mol. The number of aromatic nitrogens is 2. The fraction of sp³-hybridized carbons (Fsp3) is 0.556. The van der Waals surface area contributed by atoms with Crippen LogP contribution < -0.4 is 0 Å². The van der Waals surface area contributed by atoms with Crippen LogP contribution in [0.1, 0.15) is 36.2 Å². The van der Waals surface area contributed by atoms with Gasteiger partial charge in [0.15, 0.2) is 5.56 Å². The summed E-state index contributed by atoms with van der Waals surface area (Å²) in [5, 5.41) is 14.8. The third kappa shape index (κ3) is 1.75. The molecule has 0 N–H and O–H groups in total. The van der Waals surface area contributed by atoms with Gasteiger partial charge in [-0.05, 0) is 24.7 Å². The van der Waals surface area contributed by atoms with Crippen molar-refractivity contribution in [3.8, 4) is 0 Å². The zero-order valence-electron chi connectivity index (χ0n) is 8.75. The summed E-state index contributed by atoms with van der Waals surface area (Å²) in [6.07, 6.45) is 2.93. The number of carbonyl (C=O) groups is 1. The third-order valence-corrected chi connectivity index (χ3v) is 2.33. The molecule has 0 spiro atoms. The molecule has 7 nitrogen and oxygen atoms in total. The van der Waals surface area contributed by atoms with Gasteiger partial charge in [-0.1, -0.05) is 5.10 Å². The SMILES string of the molecule is CCOC(=O)c1cnn(C2CC2)c1[N+](=O)[O-]. The van der Waals surface area contributed by atoms with E-state index in [4.69, 9.17) is 4.74 Å². The minimum absolute atomic E-state index is 0.0589. The molecular weight excluding hydrogens is 214 g/mol. The highest BCUT2D eigenvalue weighted by molar-refractivity contribution is 5.92. The van der Waals surface area contributed by atoms with Gasteiger partial charge >= 0.3 is 11.8 Å². The molecular formula is C9H11N3O4. The highest BCUT2D eigenvalue weighted by Gasteiger charge is 2.38. The van der Waals surface area contributed by atoms with E-state index in [1.165, 1.54) is 10.9 Å². The summed E-state index contributed by atoms with van der Waals surface area (Å²) in [6.45, 7) is 1.83. The Morgan fingerprint density at radius 1 is 1.75 bits per heavy atom. The van der Waals surface area contributed by atoms with Crippen LogP contribution in [0.25, 0.3) is 0 Å². The lowest BCUT2D eigenvalue weighted by atomic mass is 10.3.